The highest BCUT2D eigenvalue weighted by Crippen LogP contribution is 2.60. The van der Waals surface area contributed by atoms with Gasteiger partial charge in [-0.1, -0.05) is 77.7 Å². The van der Waals surface area contributed by atoms with Crippen LogP contribution in [0.25, 0.3) is 0 Å². The SMILES string of the molecule is C=C1C(=CC=C2CCC[C@]3(C)[C@@H]([C@H](C)CCCC(C)C)CC[C@@H]23)C[C@@H](O)[C@@H](CCCCO)[C@@H]1O. The van der Waals surface area contributed by atoms with Gasteiger partial charge >= 0.3 is 0 Å². The molecule has 0 bridgehead atoms. The second-order valence-corrected chi connectivity index (χ2v) is 12.5. The molecule has 194 valence electrons. The predicted octanol–water partition coefficient (Wildman–Crippen LogP) is 6.98. The maximum Gasteiger partial charge on any atom is 0.0839 e. The maximum atomic E-state index is 10.8. The molecular weight excluding hydrogens is 420 g/mol. The molecule has 0 saturated heterocycles. The van der Waals surface area contributed by atoms with Gasteiger partial charge < -0.3 is 15.3 Å². The summed E-state index contributed by atoms with van der Waals surface area (Å²) in [4.78, 5) is 0. The highest BCUT2D eigenvalue weighted by molar-refractivity contribution is 5.39. The van der Waals surface area contributed by atoms with Crippen molar-refractivity contribution in [2.45, 2.75) is 117 Å². The lowest BCUT2D eigenvalue weighted by atomic mass is 9.60. The lowest BCUT2D eigenvalue weighted by molar-refractivity contribution is 0.0124. The molecule has 0 heterocycles. The first kappa shape index (κ1) is 27.7. The molecular formula is C31H52O3. The number of hydrogen-bond donors (Lipinski definition) is 3. The van der Waals surface area contributed by atoms with Crippen molar-refractivity contribution in [3.05, 3.63) is 35.5 Å². The zero-order chi connectivity index (χ0) is 24.9. The Labute approximate surface area is 209 Å². The van der Waals surface area contributed by atoms with Crippen molar-refractivity contribution in [1.82, 2.24) is 0 Å². The Morgan fingerprint density at radius 2 is 1.82 bits per heavy atom. The maximum absolute atomic E-state index is 10.8. The van der Waals surface area contributed by atoms with Crippen LogP contribution in [0.4, 0.5) is 0 Å². The van der Waals surface area contributed by atoms with Gasteiger partial charge in [-0.25, -0.2) is 0 Å². The smallest absolute Gasteiger partial charge is 0.0839 e. The molecule has 7 atom stereocenters. The van der Waals surface area contributed by atoms with E-state index >= 15 is 0 Å². The average molecular weight is 473 g/mol. The minimum atomic E-state index is -0.689. The second-order valence-electron chi connectivity index (χ2n) is 12.5. The van der Waals surface area contributed by atoms with E-state index in [1.807, 2.05) is 0 Å². The van der Waals surface area contributed by atoms with Crippen LogP contribution in [0.3, 0.4) is 0 Å². The summed E-state index contributed by atoms with van der Waals surface area (Å²) in [6.45, 7) is 14.1. The molecule has 0 unspecified atom stereocenters. The van der Waals surface area contributed by atoms with E-state index in [9.17, 15) is 10.2 Å². The van der Waals surface area contributed by atoms with Gasteiger partial charge in [0.2, 0.25) is 0 Å². The van der Waals surface area contributed by atoms with Crippen LogP contribution in [0.1, 0.15) is 105 Å². The molecule has 3 rings (SSSR count). The van der Waals surface area contributed by atoms with Crippen LogP contribution in [0.15, 0.2) is 35.5 Å². The van der Waals surface area contributed by atoms with Crippen LogP contribution in [0, 0.1) is 35.0 Å². The topological polar surface area (TPSA) is 60.7 Å². The molecule has 3 saturated carbocycles. The molecule has 0 spiro atoms. The van der Waals surface area contributed by atoms with Crippen molar-refractivity contribution in [1.29, 1.82) is 0 Å². The van der Waals surface area contributed by atoms with E-state index in [4.69, 9.17) is 5.11 Å². The van der Waals surface area contributed by atoms with Gasteiger partial charge in [-0.15, -0.1) is 0 Å². The molecule has 0 aromatic rings. The molecule has 3 heteroatoms. The Morgan fingerprint density at radius 1 is 1.06 bits per heavy atom. The Balaban J connectivity index is 1.68. The fraction of sp³-hybridized carbons (Fsp3) is 0.806. The van der Waals surface area contributed by atoms with E-state index in [2.05, 4.69) is 46.4 Å². The van der Waals surface area contributed by atoms with Crippen LogP contribution in [-0.2, 0) is 0 Å². The van der Waals surface area contributed by atoms with Crippen molar-refractivity contribution >= 4 is 0 Å². The summed E-state index contributed by atoms with van der Waals surface area (Å²) in [5, 5.41) is 30.6. The van der Waals surface area contributed by atoms with Crippen molar-refractivity contribution in [3.63, 3.8) is 0 Å². The highest BCUT2D eigenvalue weighted by atomic mass is 16.3. The first-order valence-corrected chi connectivity index (χ1v) is 14.2. The van der Waals surface area contributed by atoms with E-state index in [0.717, 1.165) is 41.7 Å². The summed E-state index contributed by atoms with van der Waals surface area (Å²) >= 11 is 0. The number of aliphatic hydroxyl groups excluding tert-OH is 3. The van der Waals surface area contributed by atoms with E-state index in [0.29, 0.717) is 24.2 Å². The summed E-state index contributed by atoms with van der Waals surface area (Å²) in [6.07, 6.45) is 16.7. The van der Waals surface area contributed by atoms with E-state index in [-0.39, 0.29) is 12.5 Å². The Morgan fingerprint density at radius 3 is 2.53 bits per heavy atom. The van der Waals surface area contributed by atoms with Gasteiger partial charge in [0.1, 0.15) is 0 Å². The Hall–Kier alpha value is -0.900. The van der Waals surface area contributed by atoms with E-state index in [1.165, 1.54) is 51.4 Å². The van der Waals surface area contributed by atoms with Gasteiger partial charge in [-0.2, -0.15) is 0 Å². The minimum Gasteiger partial charge on any atom is -0.396 e. The number of rotatable bonds is 10. The first-order valence-electron chi connectivity index (χ1n) is 14.2. The number of hydrogen-bond acceptors (Lipinski definition) is 3. The summed E-state index contributed by atoms with van der Waals surface area (Å²) < 4.78 is 0. The fourth-order valence-electron chi connectivity index (χ4n) is 7.65. The number of allylic oxidation sites excluding steroid dienone is 3. The number of unbranched alkanes of at least 4 members (excludes halogenated alkanes) is 1. The quantitative estimate of drug-likeness (QED) is 0.301. The van der Waals surface area contributed by atoms with E-state index in [1.54, 1.807) is 5.57 Å². The lowest BCUT2D eigenvalue weighted by Gasteiger charge is -2.44. The standard InChI is InChI=1S/C31H52O3/c1-21(2)10-8-11-22(3)27-16-17-28-24(12-9-18-31(27,28)5)14-15-25-20-29(33)26(13-6-7-19-32)30(34)23(25)4/h14-15,21-22,26-30,32-34H,4,6-13,16-20H2,1-3,5H3/t22-,26-,27-,28+,29-,30-,31-/m1/s1. The van der Waals surface area contributed by atoms with Gasteiger partial charge in [0.05, 0.1) is 12.2 Å². The van der Waals surface area contributed by atoms with Crippen molar-refractivity contribution in [3.8, 4) is 0 Å². The molecule has 3 aliphatic carbocycles. The summed E-state index contributed by atoms with van der Waals surface area (Å²) in [5.41, 5.74) is 3.79. The molecule has 34 heavy (non-hydrogen) atoms. The largest absolute Gasteiger partial charge is 0.396 e. The number of aliphatic hydroxyl groups is 3. The van der Waals surface area contributed by atoms with Gasteiger partial charge in [0, 0.05) is 12.5 Å². The van der Waals surface area contributed by atoms with Crippen LogP contribution < -0.4 is 0 Å². The predicted molar refractivity (Wildman–Crippen MR) is 142 cm³/mol. The van der Waals surface area contributed by atoms with Gasteiger partial charge in [-0.05, 0) is 91.6 Å². The van der Waals surface area contributed by atoms with E-state index < -0.39 is 12.2 Å². The first-order chi connectivity index (χ1) is 16.2. The monoisotopic (exact) mass is 472 g/mol. The molecule has 3 N–H and O–H groups in total. The lowest BCUT2D eigenvalue weighted by Crippen LogP contribution is -2.38. The van der Waals surface area contributed by atoms with Crippen LogP contribution >= 0.6 is 0 Å². The minimum absolute atomic E-state index is 0.163. The third-order valence-corrected chi connectivity index (χ3v) is 9.71. The third kappa shape index (κ3) is 6.26. The molecule has 3 nitrogen and oxygen atoms in total. The molecule has 0 aromatic carbocycles. The normalized spacial score (nSPS) is 37.5. The van der Waals surface area contributed by atoms with Gasteiger partial charge in [0.15, 0.2) is 0 Å². The third-order valence-electron chi connectivity index (χ3n) is 9.71. The molecule has 3 aliphatic rings. The Bertz CT molecular complexity index is 735. The summed E-state index contributed by atoms with van der Waals surface area (Å²) in [5.74, 6) is 2.94. The van der Waals surface area contributed by atoms with Crippen molar-refractivity contribution in [2.75, 3.05) is 6.61 Å². The molecule has 3 fully saturated rings. The van der Waals surface area contributed by atoms with Crippen LogP contribution in [-0.4, -0.2) is 34.1 Å². The van der Waals surface area contributed by atoms with Crippen molar-refractivity contribution < 1.29 is 15.3 Å². The second kappa shape index (κ2) is 12.4. The summed E-state index contributed by atoms with van der Waals surface area (Å²) in [7, 11) is 0. The zero-order valence-corrected chi connectivity index (χ0v) is 22.4. The Kier molecular flexibility index (Phi) is 10.1. The van der Waals surface area contributed by atoms with Gasteiger partial charge in [0.25, 0.3) is 0 Å². The fourth-order valence-corrected chi connectivity index (χ4v) is 7.65. The summed E-state index contributed by atoms with van der Waals surface area (Å²) in [6, 6.07) is 0. The zero-order valence-electron chi connectivity index (χ0n) is 22.4. The van der Waals surface area contributed by atoms with Crippen molar-refractivity contribution in [2.24, 2.45) is 35.0 Å². The van der Waals surface area contributed by atoms with Gasteiger partial charge in [-0.3, -0.25) is 0 Å². The molecule has 0 amide bonds. The average Bonchev–Trinajstić information content (AvgIpc) is 3.15. The molecule has 0 aliphatic heterocycles. The highest BCUT2D eigenvalue weighted by Gasteiger charge is 2.50. The number of fused-ring (bicyclic) bond motifs is 1. The molecule has 0 aromatic heterocycles. The van der Waals surface area contributed by atoms with Crippen LogP contribution in [0.5, 0.6) is 0 Å². The van der Waals surface area contributed by atoms with Crippen LogP contribution in [0.2, 0.25) is 0 Å². The molecule has 0 radical (unpaired) electrons.